The average molecular weight is 418 g/mol. The molecule has 0 radical (unpaired) electrons. The summed E-state index contributed by atoms with van der Waals surface area (Å²) in [6.45, 7) is 0. The second kappa shape index (κ2) is 5.68. The first-order valence-electron chi connectivity index (χ1n) is 6.87. The van der Waals surface area contributed by atoms with E-state index in [0.29, 0.717) is 14.9 Å². The summed E-state index contributed by atoms with van der Waals surface area (Å²) in [6, 6.07) is 4.94. The third-order valence-corrected chi connectivity index (χ3v) is 5.46. The first kappa shape index (κ1) is 15.0. The fourth-order valence-electron chi connectivity index (χ4n) is 3.39. The van der Waals surface area contributed by atoms with Crippen LogP contribution in [0.5, 0.6) is 0 Å². The molecule has 2 heterocycles. The number of alkyl halides is 1. The molecular weight excluding hydrogens is 404 g/mol. The molecule has 5 nitrogen and oxygen atoms in total. The van der Waals surface area contributed by atoms with Crippen LogP contribution < -0.4 is 0 Å². The number of carbonyl (C=O) groups excluding carboxylic acids is 1. The Bertz CT molecular complexity index is 594. The Morgan fingerprint density at radius 3 is 2.43 bits per heavy atom. The highest BCUT2D eigenvalue weighted by molar-refractivity contribution is 9.10. The lowest BCUT2D eigenvalue weighted by molar-refractivity contribution is -0.385. The van der Waals surface area contributed by atoms with Gasteiger partial charge in [0.1, 0.15) is 0 Å². The number of amides is 1. The molecule has 0 N–H and O–H groups in total. The molecule has 2 aliphatic heterocycles. The quantitative estimate of drug-likeness (QED) is 0.416. The van der Waals surface area contributed by atoms with Crippen LogP contribution in [0.4, 0.5) is 5.69 Å². The molecule has 0 spiro atoms. The van der Waals surface area contributed by atoms with E-state index >= 15 is 0 Å². The van der Waals surface area contributed by atoms with Crippen molar-refractivity contribution >= 4 is 43.5 Å². The summed E-state index contributed by atoms with van der Waals surface area (Å²) in [4.78, 5) is 25.6. The number of benzene rings is 1. The second-order valence-electron chi connectivity index (χ2n) is 5.62. The van der Waals surface area contributed by atoms with Crippen LogP contribution in [0.25, 0.3) is 0 Å². The van der Waals surface area contributed by atoms with Crippen molar-refractivity contribution in [1.29, 1.82) is 0 Å². The highest BCUT2D eigenvalue weighted by Crippen LogP contribution is 2.39. The van der Waals surface area contributed by atoms with Gasteiger partial charge >= 0.3 is 0 Å². The molecule has 0 aromatic heterocycles. The zero-order valence-electron chi connectivity index (χ0n) is 11.2. The van der Waals surface area contributed by atoms with Gasteiger partial charge in [0.25, 0.3) is 11.6 Å². The van der Waals surface area contributed by atoms with Crippen molar-refractivity contribution in [3.05, 3.63) is 38.3 Å². The van der Waals surface area contributed by atoms with Crippen LogP contribution in [0, 0.1) is 10.1 Å². The standard InChI is InChI=1S/C14H14Br2N2O3/c15-9-3-8(4-13(7-9)18(20)21)14(19)17-11-1-2-12(17)6-10(16)5-11/h3-4,7,10-12H,1-2,5-6H2. The maximum Gasteiger partial charge on any atom is 0.271 e. The number of fused-ring (bicyclic) bond motifs is 2. The van der Waals surface area contributed by atoms with Crippen LogP contribution >= 0.6 is 31.9 Å². The van der Waals surface area contributed by atoms with Crippen molar-refractivity contribution in [2.75, 3.05) is 0 Å². The molecular formula is C14H14Br2N2O3. The van der Waals surface area contributed by atoms with Gasteiger partial charge in [-0.2, -0.15) is 0 Å². The van der Waals surface area contributed by atoms with E-state index in [2.05, 4.69) is 31.9 Å². The lowest BCUT2D eigenvalue weighted by atomic mass is 10.0. The van der Waals surface area contributed by atoms with Crippen molar-refractivity contribution in [2.45, 2.75) is 42.6 Å². The average Bonchev–Trinajstić information content (AvgIpc) is 2.69. The number of carbonyl (C=O) groups is 1. The number of piperidine rings is 1. The van der Waals surface area contributed by atoms with Gasteiger partial charge in [0.2, 0.25) is 0 Å². The fraction of sp³-hybridized carbons (Fsp3) is 0.500. The third-order valence-electron chi connectivity index (χ3n) is 4.25. The summed E-state index contributed by atoms with van der Waals surface area (Å²) < 4.78 is 0.558. The predicted molar refractivity (Wildman–Crippen MR) is 85.7 cm³/mol. The van der Waals surface area contributed by atoms with Crippen LogP contribution in [0.2, 0.25) is 0 Å². The summed E-state index contributed by atoms with van der Waals surface area (Å²) >= 11 is 6.90. The molecule has 0 saturated carbocycles. The Kier molecular flexibility index (Phi) is 4.05. The van der Waals surface area contributed by atoms with Crippen LogP contribution in [-0.2, 0) is 0 Å². The van der Waals surface area contributed by atoms with Gasteiger partial charge in [-0.15, -0.1) is 0 Å². The lowest BCUT2D eigenvalue weighted by Gasteiger charge is -2.37. The SMILES string of the molecule is O=C(c1cc(Br)cc([N+](=O)[O-])c1)N1C2CCC1CC(Br)C2. The van der Waals surface area contributed by atoms with E-state index in [9.17, 15) is 14.9 Å². The van der Waals surface area contributed by atoms with Gasteiger partial charge in [0.15, 0.2) is 0 Å². The minimum Gasteiger partial charge on any atom is -0.333 e. The molecule has 0 aliphatic carbocycles. The largest absolute Gasteiger partial charge is 0.333 e. The highest BCUT2D eigenvalue weighted by atomic mass is 79.9. The zero-order chi connectivity index (χ0) is 15.1. The van der Waals surface area contributed by atoms with E-state index in [0.717, 1.165) is 25.7 Å². The topological polar surface area (TPSA) is 63.4 Å². The van der Waals surface area contributed by atoms with Crippen molar-refractivity contribution in [3.63, 3.8) is 0 Å². The van der Waals surface area contributed by atoms with E-state index in [1.54, 1.807) is 6.07 Å². The van der Waals surface area contributed by atoms with Crippen LogP contribution in [0.1, 0.15) is 36.0 Å². The Morgan fingerprint density at radius 2 is 1.86 bits per heavy atom. The number of nitrogens with zero attached hydrogens (tertiary/aromatic N) is 2. The molecule has 2 unspecified atom stereocenters. The van der Waals surface area contributed by atoms with Gasteiger partial charge in [-0.3, -0.25) is 14.9 Å². The third kappa shape index (κ3) is 2.85. The van der Waals surface area contributed by atoms with E-state index in [1.807, 2.05) is 4.90 Å². The normalized spacial score (nSPS) is 27.7. The Morgan fingerprint density at radius 1 is 1.24 bits per heavy atom. The summed E-state index contributed by atoms with van der Waals surface area (Å²) in [6.07, 6.45) is 3.96. The fourth-order valence-corrected chi connectivity index (χ4v) is 4.74. The summed E-state index contributed by atoms with van der Waals surface area (Å²) in [5.74, 6) is -0.0914. The van der Waals surface area contributed by atoms with E-state index in [4.69, 9.17) is 0 Å². The summed E-state index contributed by atoms with van der Waals surface area (Å²) in [5, 5.41) is 10.9. The molecule has 2 aliphatic rings. The smallest absolute Gasteiger partial charge is 0.271 e. The number of hydrogen-bond acceptors (Lipinski definition) is 3. The molecule has 21 heavy (non-hydrogen) atoms. The van der Waals surface area contributed by atoms with E-state index < -0.39 is 4.92 Å². The van der Waals surface area contributed by atoms with Gasteiger partial charge < -0.3 is 4.90 Å². The molecule has 3 rings (SSSR count). The first-order valence-corrected chi connectivity index (χ1v) is 8.58. The van der Waals surface area contributed by atoms with E-state index in [1.165, 1.54) is 12.1 Å². The lowest BCUT2D eigenvalue weighted by Crippen LogP contribution is -2.46. The van der Waals surface area contributed by atoms with Crippen molar-refractivity contribution < 1.29 is 9.72 Å². The Balaban J connectivity index is 1.91. The van der Waals surface area contributed by atoms with Crippen molar-refractivity contribution in [1.82, 2.24) is 4.90 Å². The van der Waals surface area contributed by atoms with Gasteiger partial charge in [-0.25, -0.2) is 0 Å². The van der Waals surface area contributed by atoms with Crippen LogP contribution in [-0.4, -0.2) is 32.6 Å². The highest BCUT2D eigenvalue weighted by Gasteiger charge is 2.42. The number of non-ortho nitro benzene ring substituents is 1. The van der Waals surface area contributed by atoms with Gasteiger partial charge in [0, 0.05) is 39.1 Å². The molecule has 1 aromatic carbocycles. The minimum atomic E-state index is -0.471. The minimum absolute atomic E-state index is 0.0598. The summed E-state index contributed by atoms with van der Waals surface area (Å²) in [7, 11) is 0. The van der Waals surface area contributed by atoms with E-state index in [-0.39, 0.29) is 23.7 Å². The molecule has 1 aromatic rings. The van der Waals surface area contributed by atoms with Gasteiger partial charge in [0.05, 0.1) is 4.92 Å². The Labute approximate surface area is 139 Å². The van der Waals surface area contributed by atoms with Crippen molar-refractivity contribution in [2.24, 2.45) is 0 Å². The number of rotatable bonds is 2. The Hall–Kier alpha value is -0.950. The molecule has 2 fully saturated rings. The van der Waals surface area contributed by atoms with Crippen LogP contribution in [0.15, 0.2) is 22.7 Å². The number of hydrogen-bond donors (Lipinski definition) is 0. The van der Waals surface area contributed by atoms with Gasteiger partial charge in [-0.05, 0) is 31.7 Å². The number of halogens is 2. The van der Waals surface area contributed by atoms with Crippen LogP contribution in [0.3, 0.4) is 0 Å². The molecule has 2 atom stereocenters. The second-order valence-corrected chi connectivity index (χ2v) is 7.83. The van der Waals surface area contributed by atoms with Gasteiger partial charge in [-0.1, -0.05) is 31.9 Å². The molecule has 2 saturated heterocycles. The zero-order valence-corrected chi connectivity index (χ0v) is 14.3. The first-order chi connectivity index (χ1) is 9.95. The maximum atomic E-state index is 12.8. The molecule has 7 heteroatoms. The predicted octanol–water partition coefficient (Wildman–Crippen LogP) is 3.89. The molecule has 112 valence electrons. The maximum absolute atomic E-state index is 12.8. The monoisotopic (exact) mass is 416 g/mol. The molecule has 1 amide bonds. The number of nitro benzene ring substituents is 1. The van der Waals surface area contributed by atoms with Crippen molar-refractivity contribution in [3.8, 4) is 0 Å². The summed E-state index contributed by atoms with van der Waals surface area (Å²) in [5.41, 5.74) is 0.330. The molecule has 2 bridgehead atoms. The number of nitro groups is 1.